The van der Waals surface area contributed by atoms with Crippen molar-refractivity contribution < 1.29 is 63.2 Å². The number of quaternary nitrogens is 2. The van der Waals surface area contributed by atoms with Gasteiger partial charge < -0.3 is 53.6 Å². The number of nitrogens with one attached hydrogen (secondary N) is 2. The van der Waals surface area contributed by atoms with Gasteiger partial charge in [-0.3, -0.25) is 9.59 Å². The third-order valence-electron chi connectivity index (χ3n) is 7.97. The van der Waals surface area contributed by atoms with Crippen molar-refractivity contribution in [2.75, 3.05) is 78.9 Å². The van der Waals surface area contributed by atoms with Crippen molar-refractivity contribution in [3.05, 3.63) is 59.7 Å². The van der Waals surface area contributed by atoms with Crippen LogP contribution in [0.5, 0.6) is 11.5 Å². The zero-order chi connectivity index (χ0) is 28.2. The summed E-state index contributed by atoms with van der Waals surface area (Å²) in [7, 11) is 0. The monoisotopic (exact) mass is 624 g/mol. The number of halogens is 2. The van der Waals surface area contributed by atoms with Crippen molar-refractivity contribution in [3.8, 4) is 11.5 Å². The predicted molar refractivity (Wildman–Crippen MR) is 153 cm³/mol. The Kier molecular flexibility index (Phi) is 16.4. The van der Waals surface area contributed by atoms with E-state index in [1.165, 1.54) is 9.80 Å². The van der Waals surface area contributed by atoms with Crippen LogP contribution < -0.4 is 44.1 Å². The SMILES string of the molecule is CCOc1ccc(C(=O)C(CCC(C[NH+]2CCOCC2)C(=O)c2ccc(OCC)cc2)C[NH+]2CCOCC2)cc1.[Cl-].[Cl-]. The summed E-state index contributed by atoms with van der Waals surface area (Å²) in [6.07, 6.45) is 1.35. The minimum Gasteiger partial charge on any atom is -1.00 e. The fraction of sp³-hybridized carbons (Fsp3) is 0.562. The van der Waals surface area contributed by atoms with E-state index < -0.39 is 0 Å². The van der Waals surface area contributed by atoms with Gasteiger partial charge in [0, 0.05) is 11.1 Å². The molecule has 10 heteroatoms. The molecule has 0 amide bonds. The molecule has 0 bridgehead atoms. The maximum Gasteiger partial charge on any atom is 0.171 e. The van der Waals surface area contributed by atoms with Crippen LogP contribution in [0.3, 0.4) is 0 Å². The highest BCUT2D eigenvalue weighted by atomic mass is 35.5. The number of carbonyl (C=O) groups excluding carboxylic acids is 2. The fourth-order valence-electron chi connectivity index (χ4n) is 5.71. The Balaban J connectivity index is 0.00000308. The molecule has 2 N–H and O–H groups in total. The molecule has 2 aliphatic heterocycles. The molecule has 2 saturated heterocycles. The minimum atomic E-state index is -0.165. The number of carbonyl (C=O) groups is 2. The first kappa shape index (κ1) is 36.0. The number of ether oxygens (including phenoxy) is 4. The molecule has 0 radical (unpaired) electrons. The van der Waals surface area contributed by atoms with Crippen LogP contribution in [0.15, 0.2) is 48.5 Å². The second-order valence-corrected chi connectivity index (χ2v) is 10.7. The number of ketones is 2. The van der Waals surface area contributed by atoms with Crippen molar-refractivity contribution in [1.29, 1.82) is 0 Å². The van der Waals surface area contributed by atoms with E-state index in [4.69, 9.17) is 18.9 Å². The van der Waals surface area contributed by atoms with E-state index in [9.17, 15) is 9.59 Å². The number of rotatable bonds is 15. The molecular weight excluding hydrogens is 579 g/mol. The Bertz CT molecular complexity index is 972. The third-order valence-corrected chi connectivity index (χ3v) is 7.97. The molecule has 2 atom stereocenters. The topological polar surface area (TPSA) is 79.9 Å². The van der Waals surface area contributed by atoms with E-state index in [0.29, 0.717) is 37.2 Å². The lowest BCUT2D eigenvalue weighted by Gasteiger charge is -2.29. The molecule has 234 valence electrons. The molecule has 2 heterocycles. The van der Waals surface area contributed by atoms with Gasteiger partial charge in [0.25, 0.3) is 0 Å². The highest BCUT2D eigenvalue weighted by Crippen LogP contribution is 2.22. The van der Waals surface area contributed by atoms with Crippen molar-refractivity contribution in [2.45, 2.75) is 26.7 Å². The lowest BCUT2D eigenvalue weighted by molar-refractivity contribution is -0.911. The van der Waals surface area contributed by atoms with Crippen LogP contribution in [0, 0.1) is 11.8 Å². The Morgan fingerprint density at radius 1 is 0.643 bits per heavy atom. The van der Waals surface area contributed by atoms with Crippen LogP contribution >= 0.6 is 0 Å². The zero-order valence-electron chi connectivity index (χ0n) is 24.9. The van der Waals surface area contributed by atoms with Gasteiger partial charge in [-0.2, -0.15) is 0 Å². The van der Waals surface area contributed by atoms with Crippen LogP contribution in [0.2, 0.25) is 0 Å². The summed E-state index contributed by atoms with van der Waals surface area (Å²) < 4.78 is 22.3. The number of Topliss-reactive ketones (excluding diaryl/α,β-unsaturated/α-hetero) is 2. The predicted octanol–water partition coefficient (Wildman–Crippen LogP) is -4.60. The quantitative estimate of drug-likeness (QED) is 0.194. The zero-order valence-corrected chi connectivity index (χ0v) is 26.4. The van der Waals surface area contributed by atoms with Gasteiger partial charge in [0.15, 0.2) is 11.6 Å². The Hall–Kier alpha value is -2.20. The first-order chi connectivity index (χ1) is 19.6. The van der Waals surface area contributed by atoms with E-state index in [2.05, 4.69) is 0 Å². The van der Waals surface area contributed by atoms with Gasteiger partial charge in [-0.1, -0.05) is 0 Å². The van der Waals surface area contributed by atoms with Crippen LogP contribution in [0.25, 0.3) is 0 Å². The van der Waals surface area contributed by atoms with E-state index in [1.807, 2.05) is 62.4 Å². The number of hydrogen-bond donors (Lipinski definition) is 2. The molecule has 2 aromatic rings. The van der Waals surface area contributed by atoms with E-state index >= 15 is 0 Å². The Labute approximate surface area is 262 Å². The normalized spacial score (nSPS) is 17.3. The smallest absolute Gasteiger partial charge is 0.171 e. The first-order valence-corrected chi connectivity index (χ1v) is 14.9. The van der Waals surface area contributed by atoms with Gasteiger partial charge in [-0.15, -0.1) is 0 Å². The van der Waals surface area contributed by atoms with E-state index in [1.54, 1.807) is 0 Å². The summed E-state index contributed by atoms with van der Waals surface area (Å²) in [6, 6.07) is 15.0. The third kappa shape index (κ3) is 10.8. The molecule has 0 aromatic heterocycles. The van der Waals surface area contributed by atoms with Crippen LogP contribution in [0.1, 0.15) is 47.4 Å². The van der Waals surface area contributed by atoms with E-state index in [0.717, 1.165) is 77.2 Å². The molecule has 4 rings (SSSR count). The average molecular weight is 626 g/mol. The molecule has 0 saturated carbocycles. The highest BCUT2D eigenvalue weighted by molar-refractivity contribution is 5.99. The first-order valence-electron chi connectivity index (χ1n) is 14.9. The maximum absolute atomic E-state index is 13.8. The molecule has 8 nitrogen and oxygen atoms in total. The minimum absolute atomic E-state index is 0. The number of morpholine rings is 2. The molecule has 2 unspecified atom stereocenters. The molecule has 0 aliphatic carbocycles. The number of hydrogen-bond acceptors (Lipinski definition) is 6. The summed E-state index contributed by atoms with van der Waals surface area (Å²) in [5.74, 6) is 1.50. The standard InChI is InChI=1S/C32H44N2O6.2ClH/c1-3-39-29-11-7-25(8-12-29)31(35)27(23-33-15-19-37-20-16-33)5-6-28(24-34-17-21-38-22-18-34)32(36)26-9-13-30(14-10-26)40-4-2;;/h7-14,27-28H,3-6,15-24H2,1-2H3;2*1H. The molecule has 2 aromatic carbocycles. The average Bonchev–Trinajstić information content (AvgIpc) is 3.00. The van der Waals surface area contributed by atoms with Gasteiger partial charge in [0.2, 0.25) is 0 Å². The van der Waals surface area contributed by atoms with Crippen molar-refractivity contribution >= 4 is 11.6 Å². The maximum atomic E-state index is 13.8. The lowest BCUT2D eigenvalue weighted by Crippen LogP contribution is -3.15. The van der Waals surface area contributed by atoms with Crippen LogP contribution in [0.4, 0.5) is 0 Å². The highest BCUT2D eigenvalue weighted by Gasteiger charge is 2.31. The Morgan fingerprint density at radius 3 is 1.29 bits per heavy atom. The summed E-state index contributed by atoms with van der Waals surface area (Å²) in [6.45, 7) is 13.1. The lowest BCUT2D eigenvalue weighted by atomic mass is 9.86. The second-order valence-electron chi connectivity index (χ2n) is 10.7. The molecular formula is C32H46Cl2N2O6. The van der Waals surface area contributed by atoms with Gasteiger partial charge in [0.05, 0.1) is 64.6 Å². The second kappa shape index (κ2) is 19.2. The summed E-state index contributed by atoms with van der Waals surface area (Å²) in [4.78, 5) is 30.4. The van der Waals surface area contributed by atoms with Crippen LogP contribution in [-0.4, -0.2) is 90.5 Å². The van der Waals surface area contributed by atoms with Crippen LogP contribution in [-0.2, 0) is 9.47 Å². The Morgan fingerprint density at radius 2 is 0.976 bits per heavy atom. The van der Waals surface area contributed by atoms with Crippen molar-refractivity contribution in [1.82, 2.24) is 0 Å². The largest absolute Gasteiger partial charge is 1.00 e. The molecule has 2 aliphatic rings. The summed E-state index contributed by atoms with van der Waals surface area (Å²) in [5, 5.41) is 0. The molecule has 0 spiro atoms. The van der Waals surface area contributed by atoms with Crippen molar-refractivity contribution in [2.24, 2.45) is 11.8 Å². The van der Waals surface area contributed by atoms with Gasteiger partial charge in [0.1, 0.15) is 37.7 Å². The molecule has 42 heavy (non-hydrogen) atoms. The fourth-order valence-corrected chi connectivity index (χ4v) is 5.71. The van der Waals surface area contributed by atoms with Gasteiger partial charge >= 0.3 is 0 Å². The van der Waals surface area contributed by atoms with Gasteiger partial charge in [-0.25, -0.2) is 0 Å². The number of benzene rings is 2. The summed E-state index contributed by atoms with van der Waals surface area (Å²) >= 11 is 0. The molecule has 2 fully saturated rings. The van der Waals surface area contributed by atoms with E-state index in [-0.39, 0.29) is 48.2 Å². The van der Waals surface area contributed by atoms with Gasteiger partial charge in [-0.05, 0) is 75.2 Å². The van der Waals surface area contributed by atoms with Crippen molar-refractivity contribution in [3.63, 3.8) is 0 Å². The summed E-state index contributed by atoms with van der Waals surface area (Å²) in [5.41, 5.74) is 1.41.